The van der Waals surface area contributed by atoms with E-state index < -0.39 is 5.60 Å². The summed E-state index contributed by atoms with van der Waals surface area (Å²) < 4.78 is 0. The molecular formula is C16H26N2O. The van der Waals surface area contributed by atoms with E-state index in [4.69, 9.17) is 0 Å². The zero-order valence-electron chi connectivity index (χ0n) is 12.6. The highest BCUT2D eigenvalue weighted by Crippen LogP contribution is 2.29. The molecule has 2 heterocycles. The second kappa shape index (κ2) is 5.49. The van der Waals surface area contributed by atoms with Crippen molar-refractivity contribution >= 4 is 5.69 Å². The van der Waals surface area contributed by atoms with Crippen molar-refractivity contribution in [2.75, 3.05) is 18.0 Å². The molecule has 1 N–H and O–H groups in total. The Morgan fingerprint density at radius 1 is 1.37 bits per heavy atom. The number of aliphatic hydroxyl groups is 1. The van der Waals surface area contributed by atoms with Crippen molar-refractivity contribution in [1.82, 2.24) is 4.98 Å². The van der Waals surface area contributed by atoms with Gasteiger partial charge < -0.3 is 10.0 Å². The predicted octanol–water partition coefficient (Wildman–Crippen LogP) is 3.19. The fourth-order valence-electron chi connectivity index (χ4n) is 2.71. The Morgan fingerprint density at radius 3 is 2.63 bits per heavy atom. The summed E-state index contributed by atoms with van der Waals surface area (Å²) in [6.07, 6.45) is 4.22. The molecule has 0 bridgehead atoms. The molecule has 1 atom stereocenters. The molecule has 1 aromatic heterocycles. The van der Waals surface area contributed by atoms with Gasteiger partial charge >= 0.3 is 0 Å². The van der Waals surface area contributed by atoms with E-state index in [0.29, 0.717) is 11.8 Å². The highest BCUT2D eigenvalue weighted by Gasteiger charge is 2.31. The largest absolute Gasteiger partial charge is 0.390 e. The van der Waals surface area contributed by atoms with Crippen molar-refractivity contribution in [2.24, 2.45) is 5.92 Å². The second-order valence-electron chi connectivity index (χ2n) is 6.53. The first-order chi connectivity index (χ1) is 8.88. The van der Waals surface area contributed by atoms with Gasteiger partial charge in [0.1, 0.15) is 0 Å². The lowest BCUT2D eigenvalue weighted by molar-refractivity contribution is 0.0110. The van der Waals surface area contributed by atoms with Crippen LogP contribution in [-0.4, -0.2) is 28.8 Å². The summed E-state index contributed by atoms with van der Waals surface area (Å²) in [5, 5.41) is 10.2. The molecule has 19 heavy (non-hydrogen) atoms. The van der Waals surface area contributed by atoms with E-state index in [9.17, 15) is 5.11 Å². The van der Waals surface area contributed by atoms with Gasteiger partial charge in [-0.1, -0.05) is 13.8 Å². The zero-order valence-corrected chi connectivity index (χ0v) is 12.6. The molecular weight excluding hydrogens is 236 g/mol. The summed E-state index contributed by atoms with van der Waals surface area (Å²) in [6.45, 7) is 10.1. The van der Waals surface area contributed by atoms with Crippen LogP contribution in [0.2, 0.25) is 0 Å². The van der Waals surface area contributed by atoms with Gasteiger partial charge in [0.15, 0.2) is 0 Å². The van der Waals surface area contributed by atoms with Crippen LogP contribution in [-0.2, 0) is 0 Å². The van der Waals surface area contributed by atoms with Crippen molar-refractivity contribution in [3.05, 3.63) is 24.0 Å². The van der Waals surface area contributed by atoms with Gasteiger partial charge in [0, 0.05) is 24.7 Å². The minimum atomic E-state index is -0.593. The lowest BCUT2D eigenvalue weighted by Gasteiger charge is -2.39. The number of hydrogen-bond acceptors (Lipinski definition) is 3. The Morgan fingerprint density at radius 2 is 2.11 bits per heavy atom. The lowest BCUT2D eigenvalue weighted by atomic mass is 9.84. The van der Waals surface area contributed by atoms with Gasteiger partial charge in [-0.2, -0.15) is 0 Å². The molecule has 0 unspecified atom stereocenters. The van der Waals surface area contributed by atoms with Crippen LogP contribution in [0.25, 0.3) is 0 Å². The van der Waals surface area contributed by atoms with Crippen molar-refractivity contribution in [1.29, 1.82) is 0 Å². The first-order valence-corrected chi connectivity index (χ1v) is 7.31. The van der Waals surface area contributed by atoms with Crippen molar-refractivity contribution in [3.8, 4) is 0 Å². The van der Waals surface area contributed by atoms with E-state index in [1.165, 1.54) is 5.69 Å². The third kappa shape index (κ3) is 3.47. The molecule has 2 rings (SSSR count). The Labute approximate surface area is 116 Å². The molecule has 0 spiro atoms. The Balaban J connectivity index is 2.09. The maximum Gasteiger partial charge on any atom is 0.0636 e. The summed E-state index contributed by atoms with van der Waals surface area (Å²) in [7, 11) is 0. The molecule has 1 aliphatic rings. The topological polar surface area (TPSA) is 36.4 Å². The number of hydrogen-bond donors (Lipinski definition) is 1. The van der Waals surface area contributed by atoms with Gasteiger partial charge in [-0.3, -0.25) is 4.98 Å². The van der Waals surface area contributed by atoms with Crippen LogP contribution in [0.1, 0.15) is 52.1 Å². The van der Waals surface area contributed by atoms with E-state index in [2.05, 4.69) is 35.9 Å². The van der Waals surface area contributed by atoms with Crippen LogP contribution in [0, 0.1) is 5.92 Å². The Hall–Kier alpha value is -1.09. The highest BCUT2D eigenvalue weighted by molar-refractivity contribution is 5.45. The smallest absolute Gasteiger partial charge is 0.0636 e. The summed E-state index contributed by atoms with van der Waals surface area (Å²) in [6, 6.07) is 4.28. The fraction of sp³-hybridized carbons (Fsp3) is 0.688. The summed E-state index contributed by atoms with van der Waals surface area (Å²) in [5.74, 6) is 0.811. The standard InChI is InChI=1S/C16H26N2O/c1-12(2)15-8-7-14(10-17-15)18-9-5-6-13(11-18)16(3,4)19/h7-8,10,12-13,19H,5-6,9,11H2,1-4H3/t13-/m0/s1. The van der Waals surface area contributed by atoms with Crippen LogP contribution >= 0.6 is 0 Å². The fourth-order valence-corrected chi connectivity index (χ4v) is 2.71. The van der Waals surface area contributed by atoms with Crippen LogP contribution in [0.5, 0.6) is 0 Å². The van der Waals surface area contributed by atoms with Crippen molar-refractivity contribution in [2.45, 2.75) is 52.1 Å². The summed E-state index contributed by atoms with van der Waals surface area (Å²) >= 11 is 0. The van der Waals surface area contributed by atoms with E-state index in [1.54, 1.807) is 0 Å². The average molecular weight is 262 g/mol. The molecule has 1 fully saturated rings. The number of nitrogens with zero attached hydrogens (tertiary/aromatic N) is 2. The summed E-state index contributed by atoms with van der Waals surface area (Å²) in [5.41, 5.74) is 1.72. The predicted molar refractivity (Wildman–Crippen MR) is 79.6 cm³/mol. The molecule has 0 radical (unpaired) electrons. The van der Waals surface area contributed by atoms with Crippen LogP contribution < -0.4 is 4.90 Å². The van der Waals surface area contributed by atoms with Gasteiger partial charge in [0.2, 0.25) is 0 Å². The monoisotopic (exact) mass is 262 g/mol. The van der Waals surface area contributed by atoms with Crippen molar-refractivity contribution < 1.29 is 5.11 Å². The minimum Gasteiger partial charge on any atom is -0.390 e. The number of pyridine rings is 1. The molecule has 3 heteroatoms. The van der Waals surface area contributed by atoms with Crippen LogP contribution in [0.3, 0.4) is 0 Å². The Kier molecular flexibility index (Phi) is 4.14. The van der Waals surface area contributed by atoms with Gasteiger partial charge in [-0.25, -0.2) is 0 Å². The molecule has 0 amide bonds. The molecule has 3 nitrogen and oxygen atoms in total. The molecule has 1 aliphatic heterocycles. The van der Waals surface area contributed by atoms with Gasteiger partial charge in [-0.15, -0.1) is 0 Å². The Bertz CT molecular complexity index is 406. The van der Waals surface area contributed by atoms with Crippen molar-refractivity contribution in [3.63, 3.8) is 0 Å². The number of piperidine rings is 1. The van der Waals surface area contributed by atoms with E-state index in [-0.39, 0.29) is 0 Å². The van der Waals surface area contributed by atoms with E-state index >= 15 is 0 Å². The van der Waals surface area contributed by atoms with Crippen LogP contribution in [0.4, 0.5) is 5.69 Å². The normalized spacial score (nSPS) is 20.9. The molecule has 0 aromatic carbocycles. The van der Waals surface area contributed by atoms with E-state index in [1.807, 2.05) is 20.0 Å². The second-order valence-corrected chi connectivity index (χ2v) is 6.53. The molecule has 1 saturated heterocycles. The molecule has 0 saturated carbocycles. The number of aromatic nitrogens is 1. The van der Waals surface area contributed by atoms with E-state index in [0.717, 1.165) is 31.6 Å². The number of anilines is 1. The first kappa shape index (κ1) is 14.3. The quantitative estimate of drug-likeness (QED) is 0.909. The van der Waals surface area contributed by atoms with Gasteiger partial charge in [-0.05, 0) is 44.7 Å². The maximum absolute atomic E-state index is 10.2. The average Bonchev–Trinajstić information content (AvgIpc) is 2.38. The molecule has 1 aromatic rings. The molecule has 106 valence electrons. The first-order valence-electron chi connectivity index (χ1n) is 7.31. The maximum atomic E-state index is 10.2. The SMILES string of the molecule is CC(C)c1ccc(N2CCC[C@H](C(C)(C)O)C2)cn1. The summed E-state index contributed by atoms with van der Waals surface area (Å²) in [4.78, 5) is 6.89. The van der Waals surface area contributed by atoms with Gasteiger partial charge in [0.25, 0.3) is 0 Å². The van der Waals surface area contributed by atoms with Gasteiger partial charge in [0.05, 0.1) is 17.5 Å². The third-order valence-electron chi connectivity index (χ3n) is 4.15. The highest BCUT2D eigenvalue weighted by atomic mass is 16.3. The third-order valence-corrected chi connectivity index (χ3v) is 4.15. The molecule has 0 aliphatic carbocycles. The minimum absolute atomic E-state index is 0.339. The van der Waals surface area contributed by atoms with Crippen LogP contribution in [0.15, 0.2) is 18.3 Å². The number of rotatable bonds is 3. The lowest BCUT2D eigenvalue weighted by Crippen LogP contribution is -2.44. The zero-order chi connectivity index (χ0) is 14.0.